The second kappa shape index (κ2) is 9.45. The molecule has 0 N–H and O–H groups in total. The van der Waals surface area contributed by atoms with Crippen LogP contribution >= 0.6 is 0 Å². The Bertz CT molecular complexity index is 843. The fourth-order valence-corrected chi connectivity index (χ4v) is 3.58. The van der Waals surface area contributed by atoms with Gasteiger partial charge >= 0.3 is 0 Å². The monoisotopic (exact) mass is 395 g/mol. The van der Waals surface area contributed by atoms with Crippen molar-refractivity contribution in [2.24, 2.45) is 0 Å². The average Bonchev–Trinajstić information content (AvgIpc) is 2.73. The van der Waals surface area contributed by atoms with Crippen molar-refractivity contribution in [1.29, 1.82) is 0 Å². The minimum Gasteiger partial charge on any atom is -0.497 e. The number of ether oxygens (including phenoxy) is 1. The molecular formula is C23H29N3O3. The third-order valence-electron chi connectivity index (χ3n) is 5.30. The van der Waals surface area contributed by atoms with Crippen LogP contribution in [0.5, 0.6) is 5.75 Å². The summed E-state index contributed by atoms with van der Waals surface area (Å²) >= 11 is 0. The van der Waals surface area contributed by atoms with E-state index in [-0.39, 0.29) is 18.4 Å². The number of piperazine rings is 1. The molecule has 154 valence electrons. The van der Waals surface area contributed by atoms with Gasteiger partial charge in [0.2, 0.25) is 11.8 Å². The molecule has 0 bridgehead atoms. The van der Waals surface area contributed by atoms with Crippen LogP contribution in [0, 0.1) is 6.92 Å². The van der Waals surface area contributed by atoms with Crippen molar-refractivity contribution in [2.45, 2.75) is 20.4 Å². The number of aryl methyl sites for hydroxylation is 1. The van der Waals surface area contributed by atoms with Gasteiger partial charge in [-0.1, -0.05) is 29.8 Å². The molecule has 0 aliphatic carbocycles. The van der Waals surface area contributed by atoms with Crippen LogP contribution in [0.4, 0.5) is 5.69 Å². The van der Waals surface area contributed by atoms with Crippen LogP contribution in [0.15, 0.2) is 48.5 Å². The molecule has 2 amide bonds. The van der Waals surface area contributed by atoms with Gasteiger partial charge in [-0.25, -0.2) is 0 Å². The van der Waals surface area contributed by atoms with Crippen LogP contribution in [0.3, 0.4) is 0 Å². The van der Waals surface area contributed by atoms with Gasteiger partial charge in [0, 0.05) is 45.3 Å². The number of methoxy groups -OCH3 is 1. The zero-order chi connectivity index (χ0) is 20.8. The number of hydrogen-bond acceptors (Lipinski definition) is 4. The van der Waals surface area contributed by atoms with E-state index in [2.05, 4.69) is 4.90 Å². The van der Waals surface area contributed by atoms with Crippen LogP contribution in [0.2, 0.25) is 0 Å². The van der Waals surface area contributed by atoms with Crippen molar-refractivity contribution in [2.75, 3.05) is 44.7 Å². The van der Waals surface area contributed by atoms with Gasteiger partial charge in [0.25, 0.3) is 0 Å². The predicted molar refractivity (Wildman–Crippen MR) is 114 cm³/mol. The molecule has 1 aliphatic rings. The lowest BCUT2D eigenvalue weighted by Crippen LogP contribution is -2.51. The van der Waals surface area contributed by atoms with Crippen molar-refractivity contribution in [1.82, 2.24) is 9.80 Å². The molecular weight excluding hydrogens is 366 g/mol. The summed E-state index contributed by atoms with van der Waals surface area (Å²) in [5.74, 6) is 0.749. The molecule has 29 heavy (non-hydrogen) atoms. The second-order valence-electron chi connectivity index (χ2n) is 7.43. The molecule has 1 saturated heterocycles. The van der Waals surface area contributed by atoms with Crippen molar-refractivity contribution in [3.8, 4) is 5.75 Å². The predicted octanol–water partition coefficient (Wildman–Crippen LogP) is 2.70. The Labute approximate surface area is 172 Å². The maximum atomic E-state index is 12.8. The van der Waals surface area contributed by atoms with Gasteiger partial charge in [0.15, 0.2) is 0 Å². The molecule has 0 radical (unpaired) electrons. The highest BCUT2D eigenvalue weighted by Gasteiger charge is 2.24. The van der Waals surface area contributed by atoms with E-state index in [1.807, 2.05) is 60.4 Å². The van der Waals surface area contributed by atoms with Crippen LogP contribution in [-0.4, -0.2) is 61.4 Å². The first-order valence-electron chi connectivity index (χ1n) is 9.94. The molecule has 0 spiro atoms. The molecule has 3 rings (SSSR count). The fraction of sp³-hybridized carbons (Fsp3) is 0.391. The number of amides is 2. The van der Waals surface area contributed by atoms with Crippen molar-refractivity contribution in [3.05, 3.63) is 59.7 Å². The molecule has 2 aromatic carbocycles. The van der Waals surface area contributed by atoms with Crippen LogP contribution < -0.4 is 9.64 Å². The first kappa shape index (κ1) is 20.7. The highest BCUT2D eigenvalue weighted by atomic mass is 16.5. The average molecular weight is 396 g/mol. The van der Waals surface area contributed by atoms with E-state index in [0.29, 0.717) is 19.6 Å². The lowest BCUT2D eigenvalue weighted by atomic mass is 10.1. The van der Waals surface area contributed by atoms with Gasteiger partial charge in [0.1, 0.15) is 12.3 Å². The Hall–Kier alpha value is -3.02. The van der Waals surface area contributed by atoms with E-state index >= 15 is 0 Å². The maximum Gasteiger partial charge on any atom is 0.242 e. The highest BCUT2D eigenvalue weighted by Crippen LogP contribution is 2.20. The van der Waals surface area contributed by atoms with Crippen molar-refractivity contribution in [3.63, 3.8) is 0 Å². The lowest BCUT2D eigenvalue weighted by Gasteiger charge is -2.37. The Kier molecular flexibility index (Phi) is 6.75. The molecule has 0 atom stereocenters. The smallest absolute Gasteiger partial charge is 0.242 e. The van der Waals surface area contributed by atoms with Gasteiger partial charge < -0.3 is 19.4 Å². The van der Waals surface area contributed by atoms with E-state index < -0.39 is 0 Å². The number of hydrogen-bond donors (Lipinski definition) is 0. The first-order valence-corrected chi connectivity index (χ1v) is 9.94. The number of rotatable bonds is 6. The van der Waals surface area contributed by atoms with Gasteiger partial charge in [-0.15, -0.1) is 0 Å². The molecule has 1 fully saturated rings. The molecule has 0 saturated carbocycles. The van der Waals surface area contributed by atoms with E-state index in [0.717, 1.165) is 35.7 Å². The molecule has 2 aromatic rings. The van der Waals surface area contributed by atoms with Crippen LogP contribution in [-0.2, 0) is 16.1 Å². The Morgan fingerprint density at radius 1 is 1.03 bits per heavy atom. The first-order chi connectivity index (χ1) is 14.0. The van der Waals surface area contributed by atoms with Gasteiger partial charge in [-0.05, 0) is 36.8 Å². The van der Waals surface area contributed by atoms with E-state index in [4.69, 9.17) is 4.74 Å². The lowest BCUT2D eigenvalue weighted by molar-refractivity contribution is -0.140. The second-order valence-corrected chi connectivity index (χ2v) is 7.43. The molecule has 6 nitrogen and oxygen atoms in total. The van der Waals surface area contributed by atoms with Crippen molar-refractivity contribution >= 4 is 17.5 Å². The Balaban J connectivity index is 1.55. The Morgan fingerprint density at radius 3 is 2.31 bits per heavy atom. The highest BCUT2D eigenvalue weighted by molar-refractivity contribution is 5.84. The maximum absolute atomic E-state index is 12.8. The van der Waals surface area contributed by atoms with E-state index in [1.165, 1.54) is 6.92 Å². The molecule has 1 aliphatic heterocycles. The van der Waals surface area contributed by atoms with Gasteiger partial charge in [0.05, 0.1) is 7.11 Å². The van der Waals surface area contributed by atoms with Gasteiger partial charge in [-0.3, -0.25) is 9.59 Å². The van der Waals surface area contributed by atoms with Crippen molar-refractivity contribution < 1.29 is 14.3 Å². The topological polar surface area (TPSA) is 53.1 Å². The fourth-order valence-electron chi connectivity index (χ4n) is 3.58. The number of benzene rings is 2. The number of nitrogens with zero attached hydrogens (tertiary/aromatic N) is 3. The quantitative estimate of drug-likeness (QED) is 0.755. The summed E-state index contributed by atoms with van der Waals surface area (Å²) in [7, 11) is 1.66. The summed E-state index contributed by atoms with van der Waals surface area (Å²) in [5, 5.41) is 0. The van der Waals surface area contributed by atoms with Crippen LogP contribution in [0.25, 0.3) is 0 Å². The summed E-state index contributed by atoms with van der Waals surface area (Å²) in [5.41, 5.74) is 3.31. The van der Waals surface area contributed by atoms with E-state index in [9.17, 15) is 9.59 Å². The van der Waals surface area contributed by atoms with Gasteiger partial charge in [-0.2, -0.15) is 0 Å². The third-order valence-corrected chi connectivity index (χ3v) is 5.30. The summed E-state index contributed by atoms with van der Waals surface area (Å²) in [6, 6.07) is 16.0. The van der Waals surface area contributed by atoms with Crippen LogP contribution in [0.1, 0.15) is 18.1 Å². The molecule has 6 heteroatoms. The SMILES string of the molecule is COc1ccc(N2CCN(C(=O)CN(Cc3cccc(C)c3)C(C)=O)CC2)cc1. The summed E-state index contributed by atoms with van der Waals surface area (Å²) in [6.45, 7) is 6.97. The number of carbonyl (C=O) groups excluding carboxylic acids is 2. The number of carbonyl (C=O) groups is 2. The summed E-state index contributed by atoms with van der Waals surface area (Å²) < 4.78 is 5.21. The minimum absolute atomic E-state index is 0.00207. The number of anilines is 1. The molecule has 0 aromatic heterocycles. The third kappa shape index (κ3) is 5.50. The summed E-state index contributed by atoms with van der Waals surface area (Å²) in [6.07, 6.45) is 0. The molecule has 0 unspecified atom stereocenters. The normalized spacial score (nSPS) is 13.9. The largest absolute Gasteiger partial charge is 0.497 e. The Morgan fingerprint density at radius 2 is 1.72 bits per heavy atom. The standard InChI is InChI=1S/C23H29N3O3/c1-18-5-4-6-20(15-18)16-26(19(2)27)17-23(28)25-13-11-24(12-14-25)21-7-9-22(29-3)10-8-21/h4-10,15H,11-14,16-17H2,1-3H3. The van der Waals surface area contributed by atoms with E-state index in [1.54, 1.807) is 12.0 Å². The molecule has 1 heterocycles. The summed E-state index contributed by atoms with van der Waals surface area (Å²) in [4.78, 5) is 30.6. The zero-order valence-electron chi connectivity index (χ0n) is 17.4. The minimum atomic E-state index is -0.0864. The zero-order valence-corrected chi connectivity index (χ0v) is 17.4.